The van der Waals surface area contributed by atoms with Crippen LogP contribution in [0, 0.1) is 0 Å². The van der Waals surface area contributed by atoms with Crippen LogP contribution in [-0.4, -0.2) is 22.0 Å². The van der Waals surface area contributed by atoms with Gasteiger partial charge in [-0.2, -0.15) is 0 Å². The minimum absolute atomic E-state index is 0.00765. The Kier molecular flexibility index (Phi) is 4.72. The molecule has 1 aromatic rings. The highest BCUT2D eigenvalue weighted by Crippen LogP contribution is 2.10. The Morgan fingerprint density at radius 1 is 1.38 bits per heavy atom. The fourth-order valence-electron chi connectivity index (χ4n) is 1.07. The highest BCUT2D eigenvalue weighted by Gasteiger charge is 2.04. The molecular weight excluding hydrogens is 232 g/mol. The van der Waals surface area contributed by atoms with Gasteiger partial charge in [0.15, 0.2) is 0 Å². The fraction of sp³-hybridized carbons (Fsp3) is 0.300. The van der Waals surface area contributed by atoms with E-state index < -0.39 is 5.97 Å². The Morgan fingerprint density at radius 3 is 2.69 bits per heavy atom. The molecule has 0 aliphatic rings. The lowest BCUT2D eigenvalue weighted by molar-refractivity contribution is -0.137. The monoisotopic (exact) mass is 242 g/mol. The smallest absolute Gasteiger partial charge is 0.303 e. The van der Waals surface area contributed by atoms with Crippen LogP contribution in [0.1, 0.15) is 19.3 Å². The predicted octanol–water partition coefficient (Wildman–Crippen LogP) is 1.93. The summed E-state index contributed by atoms with van der Waals surface area (Å²) in [6.07, 6.45) is 1.93. The van der Waals surface area contributed by atoms with E-state index in [4.69, 9.17) is 16.7 Å². The number of nitrogens with zero attached hydrogens (tertiary/aromatic N) is 1. The molecule has 86 valence electrons. The topological polar surface area (TPSA) is 79.3 Å². The molecule has 1 amide bonds. The molecule has 0 saturated heterocycles. The number of hydrogen-bond donors (Lipinski definition) is 2. The van der Waals surface area contributed by atoms with Crippen LogP contribution in [0.5, 0.6) is 0 Å². The predicted molar refractivity (Wildman–Crippen MR) is 59.4 cm³/mol. The van der Waals surface area contributed by atoms with Gasteiger partial charge in [0, 0.05) is 12.8 Å². The first-order chi connectivity index (χ1) is 7.58. The molecule has 0 fully saturated rings. The average Bonchev–Trinajstić information content (AvgIpc) is 2.21. The molecule has 1 heterocycles. The summed E-state index contributed by atoms with van der Waals surface area (Å²) in [5.41, 5.74) is 0.546. The van der Waals surface area contributed by atoms with Crippen molar-refractivity contribution in [3.63, 3.8) is 0 Å². The third kappa shape index (κ3) is 4.75. The maximum absolute atomic E-state index is 11.3. The van der Waals surface area contributed by atoms with Gasteiger partial charge >= 0.3 is 5.97 Å². The van der Waals surface area contributed by atoms with Crippen molar-refractivity contribution in [3.05, 3.63) is 23.5 Å². The van der Waals surface area contributed by atoms with E-state index in [1.807, 2.05) is 0 Å². The first kappa shape index (κ1) is 12.4. The molecule has 1 aromatic heterocycles. The Balaban J connectivity index is 2.34. The quantitative estimate of drug-likeness (QED) is 0.774. The summed E-state index contributed by atoms with van der Waals surface area (Å²) in [6.45, 7) is 0. The first-order valence-electron chi connectivity index (χ1n) is 4.71. The lowest BCUT2D eigenvalue weighted by Crippen LogP contribution is -2.11. The number of carbonyl (C=O) groups excluding carboxylic acids is 1. The SMILES string of the molecule is O=C(O)CCCC(=O)Nc1ccc(Cl)nc1. The molecule has 0 bridgehead atoms. The molecule has 0 aliphatic heterocycles. The lowest BCUT2D eigenvalue weighted by Gasteiger charge is -2.03. The molecule has 1 rings (SSSR count). The number of pyridine rings is 1. The zero-order valence-electron chi connectivity index (χ0n) is 8.44. The minimum Gasteiger partial charge on any atom is -0.481 e. The number of carboxylic acid groups (broad SMARTS) is 1. The number of amides is 1. The van der Waals surface area contributed by atoms with Crippen molar-refractivity contribution >= 4 is 29.2 Å². The second kappa shape index (κ2) is 6.07. The van der Waals surface area contributed by atoms with Gasteiger partial charge in [0.25, 0.3) is 0 Å². The van der Waals surface area contributed by atoms with Gasteiger partial charge in [-0.15, -0.1) is 0 Å². The molecule has 2 N–H and O–H groups in total. The van der Waals surface area contributed by atoms with Crippen molar-refractivity contribution in [2.75, 3.05) is 5.32 Å². The third-order valence-electron chi connectivity index (χ3n) is 1.81. The van der Waals surface area contributed by atoms with Gasteiger partial charge in [0.1, 0.15) is 5.15 Å². The highest BCUT2D eigenvalue weighted by molar-refractivity contribution is 6.29. The maximum atomic E-state index is 11.3. The van der Waals surface area contributed by atoms with Crippen molar-refractivity contribution in [3.8, 4) is 0 Å². The summed E-state index contributed by atoms with van der Waals surface area (Å²) >= 11 is 5.58. The molecule has 0 aliphatic carbocycles. The number of hydrogen-bond acceptors (Lipinski definition) is 3. The Hall–Kier alpha value is -1.62. The molecule has 0 unspecified atom stereocenters. The van der Waals surface area contributed by atoms with Crippen LogP contribution in [0.4, 0.5) is 5.69 Å². The summed E-state index contributed by atoms with van der Waals surface area (Å²) in [5.74, 6) is -1.13. The molecule has 6 heteroatoms. The van der Waals surface area contributed by atoms with Gasteiger partial charge in [0.05, 0.1) is 11.9 Å². The van der Waals surface area contributed by atoms with Crippen LogP contribution in [0.15, 0.2) is 18.3 Å². The standard InChI is InChI=1S/C10H11ClN2O3/c11-8-5-4-7(6-12-8)13-9(14)2-1-3-10(15)16/h4-6H,1-3H2,(H,13,14)(H,15,16). The Bertz CT molecular complexity index is 378. The number of aromatic nitrogens is 1. The summed E-state index contributed by atoms with van der Waals surface area (Å²) in [6, 6.07) is 3.19. The van der Waals surface area contributed by atoms with Crippen molar-refractivity contribution in [2.45, 2.75) is 19.3 Å². The van der Waals surface area contributed by atoms with E-state index in [1.165, 1.54) is 6.20 Å². The number of anilines is 1. The van der Waals surface area contributed by atoms with E-state index in [9.17, 15) is 9.59 Å². The van der Waals surface area contributed by atoms with Gasteiger partial charge in [-0.3, -0.25) is 9.59 Å². The summed E-state index contributed by atoms with van der Waals surface area (Å²) in [4.78, 5) is 25.3. The minimum atomic E-state index is -0.902. The fourth-order valence-corrected chi connectivity index (χ4v) is 1.19. The van der Waals surface area contributed by atoms with Crippen molar-refractivity contribution in [1.29, 1.82) is 0 Å². The molecule has 0 radical (unpaired) electrons. The molecule has 0 atom stereocenters. The van der Waals surface area contributed by atoms with Crippen molar-refractivity contribution in [1.82, 2.24) is 4.98 Å². The summed E-state index contributed by atoms with van der Waals surface area (Å²) < 4.78 is 0. The van der Waals surface area contributed by atoms with Crippen LogP contribution in [0.25, 0.3) is 0 Å². The van der Waals surface area contributed by atoms with Crippen molar-refractivity contribution in [2.24, 2.45) is 0 Å². The van der Waals surface area contributed by atoms with Gasteiger partial charge in [-0.25, -0.2) is 4.98 Å². The first-order valence-corrected chi connectivity index (χ1v) is 5.09. The van der Waals surface area contributed by atoms with E-state index in [1.54, 1.807) is 12.1 Å². The normalized spacial score (nSPS) is 9.81. The van der Waals surface area contributed by atoms with Gasteiger partial charge in [0.2, 0.25) is 5.91 Å². The second-order valence-corrected chi connectivity index (χ2v) is 3.55. The number of nitrogens with one attached hydrogen (secondary N) is 1. The molecule has 0 spiro atoms. The largest absolute Gasteiger partial charge is 0.481 e. The lowest BCUT2D eigenvalue weighted by atomic mass is 10.2. The average molecular weight is 243 g/mol. The zero-order chi connectivity index (χ0) is 12.0. The van der Waals surface area contributed by atoms with Crippen LogP contribution in [-0.2, 0) is 9.59 Å². The van der Waals surface area contributed by atoms with Gasteiger partial charge in [-0.1, -0.05) is 11.6 Å². The number of carboxylic acids is 1. The van der Waals surface area contributed by atoms with Crippen LogP contribution in [0.2, 0.25) is 5.15 Å². The Morgan fingerprint density at radius 2 is 2.12 bits per heavy atom. The highest BCUT2D eigenvalue weighted by atomic mass is 35.5. The number of rotatable bonds is 5. The van der Waals surface area contributed by atoms with Crippen LogP contribution >= 0.6 is 11.6 Å². The van der Waals surface area contributed by atoms with Gasteiger partial charge in [-0.05, 0) is 18.6 Å². The van der Waals surface area contributed by atoms with E-state index in [2.05, 4.69) is 10.3 Å². The summed E-state index contributed by atoms with van der Waals surface area (Å²) in [5, 5.41) is 11.3. The number of halogens is 1. The van der Waals surface area contributed by atoms with E-state index >= 15 is 0 Å². The van der Waals surface area contributed by atoms with E-state index in [0.717, 1.165) is 0 Å². The van der Waals surface area contributed by atoms with Gasteiger partial charge < -0.3 is 10.4 Å². The summed E-state index contributed by atoms with van der Waals surface area (Å²) in [7, 11) is 0. The van der Waals surface area contributed by atoms with E-state index in [0.29, 0.717) is 17.3 Å². The number of aliphatic carboxylic acids is 1. The maximum Gasteiger partial charge on any atom is 0.303 e. The zero-order valence-corrected chi connectivity index (χ0v) is 9.20. The van der Waals surface area contributed by atoms with Crippen LogP contribution < -0.4 is 5.32 Å². The molecule has 0 saturated carbocycles. The third-order valence-corrected chi connectivity index (χ3v) is 2.03. The van der Waals surface area contributed by atoms with Crippen molar-refractivity contribution < 1.29 is 14.7 Å². The molecule has 16 heavy (non-hydrogen) atoms. The van der Waals surface area contributed by atoms with E-state index in [-0.39, 0.29) is 18.7 Å². The number of carbonyl (C=O) groups is 2. The molecule has 0 aromatic carbocycles. The molecular formula is C10H11ClN2O3. The Labute approximate surface area is 97.4 Å². The second-order valence-electron chi connectivity index (χ2n) is 3.17. The molecule has 5 nitrogen and oxygen atoms in total. The van der Waals surface area contributed by atoms with Crippen LogP contribution in [0.3, 0.4) is 0 Å².